The molecule has 2 aromatic heterocycles. The summed E-state index contributed by atoms with van der Waals surface area (Å²) in [6.07, 6.45) is 3.94. The van der Waals surface area contributed by atoms with Gasteiger partial charge in [-0.05, 0) is 12.1 Å². The van der Waals surface area contributed by atoms with Crippen LogP contribution in [0.2, 0.25) is 0 Å². The third-order valence-electron chi connectivity index (χ3n) is 4.36. The number of hydrogen-bond donors (Lipinski definition) is 1. The van der Waals surface area contributed by atoms with E-state index in [-0.39, 0.29) is 23.8 Å². The number of amides is 1. The maximum absolute atomic E-state index is 13.2. The molecule has 1 fully saturated rings. The summed E-state index contributed by atoms with van der Waals surface area (Å²) in [6.45, 7) is 0. The minimum atomic E-state index is -1.52. The zero-order valence-corrected chi connectivity index (χ0v) is 13.5. The minimum absolute atomic E-state index is 0.0706. The van der Waals surface area contributed by atoms with Gasteiger partial charge in [-0.3, -0.25) is 4.79 Å². The molecule has 0 saturated heterocycles. The van der Waals surface area contributed by atoms with E-state index in [4.69, 9.17) is 4.74 Å². The molecule has 3 aromatic rings. The van der Waals surface area contributed by atoms with Gasteiger partial charge in [0.05, 0.1) is 17.3 Å². The topological polar surface area (TPSA) is 55.6 Å². The molecule has 8 heteroatoms. The second-order valence-electron chi connectivity index (χ2n) is 6.17. The van der Waals surface area contributed by atoms with Gasteiger partial charge in [0.15, 0.2) is 17.5 Å². The number of benzene rings is 1. The number of aromatic nitrogens is 2. The van der Waals surface area contributed by atoms with Crippen molar-refractivity contribution in [2.24, 2.45) is 0 Å². The number of carbonyl (C=O) groups excluding carboxylic acids is 1. The first kappa shape index (κ1) is 16.4. The third kappa shape index (κ3) is 2.98. The summed E-state index contributed by atoms with van der Waals surface area (Å²) in [5.74, 6) is -4.42. The molecule has 0 atom stereocenters. The highest BCUT2D eigenvalue weighted by molar-refractivity contribution is 6.00. The molecule has 0 aliphatic heterocycles. The molecule has 26 heavy (non-hydrogen) atoms. The Balaban J connectivity index is 1.34. The first-order chi connectivity index (χ1) is 12.5. The lowest BCUT2D eigenvalue weighted by Gasteiger charge is -2.35. The summed E-state index contributed by atoms with van der Waals surface area (Å²) in [7, 11) is 0. The van der Waals surface area contributed by atoms with Gasteiger partial charge in [-0.25, -0.2) is 17.7 Å². The molecule has 1 aliphatic rings. The Morgan fingerprint density at radius 3 is 2.65 bits per heavy atom. The van der Waals surface area contributed by atoms with E-state index < -0.39 is 17.5 Å². The van der Waals surface area contributed by atoms with Crippen LogP contribution >= 0.6 is 0 Å². The molecule has 0 spiro atoms. The Labute approximate surface area is 146 Å². The maximum Gasteiger partial charge on any atom is 0.255 e. The van der Waals surface area contributed by atoms with Gasteiger partial charge in [0.25, 0.3) is 5.91 Å². The van der Waals surface area contributed by atoms with Gasteiger partial charge in [0, 0.05) is 37.2 Å². The molecular weight excluding hydrogens is 347 g/mol. The Morgan fingerprint density at radius 2 is 1.92 bits per heavy atom. The molecule has 2 heterocycles. The van der Waals surface area contributed by atoms with Gasteiger partial charge in [-0.1, -0.05) is 6.07 Å². The van der Waals surface area contributed by atoms with Gasteiger partial charge in [0.1, 0.15) is 11.9 Å². The molecule has 1 aromatic carbocycles. The number of fused-ring (bicyclic) bond motifs is 1. The normalized spacial score (nSPS) is 19.2. The molecular formula is C18H14F3N3O2. The molecule has 134 valence electrons. The maximum atomic E-state index is 13.2. The zero-order valence-electron chi connectivity index (χ0n) is 13.5. The van der Waals surface area contributed by atoms with E-state index in [1.54, 1.807) is 16.8 Å². The largest absolute Gasteiger partial charge is 0.490 e. The first-order valence-electron chi connectivity index (χ1n) is 8.05. The van der Waals surface area contributed by atoms with Gasteiger partial charge in [-0.15, -0.1) is 0 Å². The van der Waals surface area contributed by atoms with Crippen LogP contribution in [0.15, 0.2) is 42.7 Å². The number of pyridine rings is 1. The van der Waals surface area contributed by atoms with Crippen LogP contribution < -0.4 is 10.1 Å². The number of halogens is 3. The Kier molecular flexibility index (Phi) is 4.02. The van der Waals surface area contributed by atoms with Crippen LogP contribution in [0.1, 0.15) is 23.2 Å². The van der Waals surface area contributed by atoms with Crippen molar-refractivity contribution in [3.63, 3.8) is 0 Å². The predicted molar refractivity (Wildman–Crippen MR) is 86.4 cm³/mol. The molecule has 0 radical (unpaired) electrons. The minimum Gasteiger partial charge on any atom is -0.490 e. The monoisotopic (exact) mass is 361 g/mol. The van der Waals surface area contributed by atoms with E-state index in [1.165, 1.54) is 6.20 Å². The van der Waals surface area contributed by atoms with Crippen LogP contribution in [0.25, 0.3) is 5.52 Å². The number of carbonyl (C=O) groups is 1. The van der Waals surface area contributed by atoms with E-state index in [0.717, 1.165) is 12.1 Å². The number of hydrogen-bond acceptors (Lipinski definition) is 3. The van der Waals surface area contributed by atoms with Crippen LogP contribution in [0.4, 0.5) is 13.2 Å². The molecule has 1 N–H and O–H groups in total. The second-order valence-corrected chi connectivity index (χ2v) is 6.17. The van der Waals surface area contributed by atoms with Gasteiger partial charge in [0.2, 0.25) is 0 Å². The van der Waals surface area contributed by atoms with Crippen molar-refractivity contribution in [1.82, 2.24) is 14.9 Å². The average Bonchev–Trinajstić information content (AvgIpc) is 3.01. The van der Waals surface area contributed by atoms with E-state index in [1.807, 2.05) is 12.1 Å². The smallest absolute Gasteiger partial charge is 0.255 e. The quantitative estimate of drug-likeness (QED) is 0.727. The lowest BCUT2D eigenvalue weighted by Crippen LogP contribution is -2.49. The summed E-state index contributed by atoms with van der Waals surface area (Å²) in [6, 6.07) is 6.94. The molecule has 1 aliphatic carbocycles. The summed E-state index contributed by atoms with van der Waals surface area (Å²) >= 11 is 0. The van der Waals surface area contributed by atoms with E-state index in [2.05, 4.69) is 10.4 Å². The summed E-state index contributed by atoms with van der Waals surface area (Å²) in [5, 5.41) is 6.99. The van der Waals surface area contributed by atoms with Crippen LogP contribution in [0, 0.1) is 17.5 Å². The summed E-state index contributed by atoms with van der Waals surface area (Å²) in [4.78, 5) is 12.4. The molecule has 5 nitrogen and oxygen atoms in total. The average molecular weight is 361 g/mol. The summed E-state index contributed by atoms with van der Waals surface area (Å²) in [5.41, 5.74) is 1.17. The number of rotatable bonds is 4. The Morgan fingerprint density at radius 1 is 1.19 bits per heavy atom. The van der Waals surface area contributed by atoms with Crippen LogP contribution in [-0.4, -0.2) is 27.7 Å². The molecule has 4 rings (SSSR count). The van der Waals surface area contributed by atoms with Crippen LogP contribution in [-0.2, 0) is 0 Å². The fourth-order valence-electron chi connectivity index (χ4n) is 2.95. The lowest BCUT2D eigenvalue weighted by molar-refractivity contribution is 0.0698. The Hall–Kier alpha value is -3.03. The van der Waals surface area contributed by atoms with Gasteiger partial charge >= 0.3 is 0 Å². The van der Waals surface area contributed by atoms with Crippen molar-refractivity contribution in [3.8, 4) is 5.75 Å². The van der Waals surface area contributed by atoms with E-state index in [9.17, 15) is 18.0 Å². The van der Waals surface area contributed by atoms with Crippen molar-refractivity contribution < 1.29 is 22.7 Å². The summed E-state index contributed by atoms with van der Waals surface area (Å²) < 4.78 is 46.3. The standard InChI is InChI=1S/C18H14F3N3O2/c19-14-7-12(8-15(20)17(14)21)26-11-5-10(6-11)23-18(25)13-9-22-24-4-2-1-3-16(13)24/h1-4,7-11H,5-6H2,(H,23,25)/t10-,11-. The van der Waals surface area contributed by atoms with Crippen LogP contribution in [0.3, 0.4) is 0 Å². The molecule has 1 amide bonds. The highest BCUT2D eigenvalue weighted by Crippen LogP contribution is 2.28. The lowest BCUT2D eigenvalue weighted by atomic mass is 9.89. The zero-order chi connectivity index (χ0) is 18.3. The van der Waals surface area contributed by atoms with Crippen molar-refractivity contribution in [1.29, 1.82) is 0 Å². The number of ether oxygens (including phenoxy) is 1. The van der Waals surface area contributed by atoms with Crippen molar-refractivity contribution in [2.75, 3.05) is 0 Å². The van der Waals surface area contributed by atoms with Crippen molar-refractivity contribution in [2.45, 2.75) is 25.0 Å². The first-order valence-corrected chi connectivity index (χ1v) is 8.05. The van der Waals surface area contributed by atoms with Gasteiger partial charge < -0.3 is 10.1 Å². The van der Waals surface area contributed by atoms with Gasteiger partial charge in [-0.2, -0.15) is 5.10 Å². The highest BCUT2D eigenvalue weighted by Gasteiger charge is 2.33. The Bertz CT molecular complexity index is 960. The fraction of sp³-hybridized carbons (Fsp3) is 0.222. The van der Waals surface area contributed by atoms with E-state index >= 15 is 0 Å². The SMILES string of the molecule is O=C(N[C@H]1C[C@H](Oc2cc(F)c(F)c(F)c2)C1)c1cnn2ccccc12. The van der Waals surface area contributed by atoms with Crippen LogP contribution in [0.5, 0.6) is 5.75 Å². The van der Waals surface area contributed by atoms with Crippen molar-refractivity contribution in [3.05, 3.63) is 65.7 Å². The number of nitrogens with one attached hydrogen (secondary N) is 1. The third-order valence-corrected chi connectivity index (χ3v) is 4.36. The molecule has 0 bridgehead atoms. The predicted octanol–water partition coefficient (Wildman–Crippen LogP) is 3.09. The van der Waals surface area contributed by atoms with E-state index in [0.29, 0.717) is 23.9 Å². The molecule has 1 saturated carbocycles. The van der Waals surface area contributed by atoms with Crippen molar-refractivity contribution >= 4 is 11.4 Å². The molecule has 0 unspecified atom stereocenters. The fourth-order valence-corrected chi connectivity index (χ4v) is 2.95. The highest BCUT2D eigenvalue weighted by atomic mass is 19.2. The number of nitrogens with zero attached hydrogens (tertiary/aromatic N) is 2. The second kappa shape index (κ2) is 6.36.